The van der Waals surface area contributed by atoms with Crippen molar-refractivity contribution in [2.24, 2.45) is 0 Å². The summed E-state index contributed by atoms with van der Waals surface area (Å²) in [7, 11) is 0. The summed E-state index contributed by atoms with van der Waals surface area (Å²) < 4.78 is 3.11. The minimum absolute atomic E-state index is 0.483. The molecule has 29 heavy (non-hydrogen) atoms. The largest absolute Gasteiger partial charge is 0.275 e. The standard InChI is InChI=1S/C24H19BrN4/c1-15(2)16-10-12-19(13-11-16)29-23(17-6-5-7-18(25)14-17)28-22-24(29)27-21-9-4-3-8-20(21)26-22/h3-15H,1-2H3. The number of fused-ring (bicyclic) bond motifs is 2. The maximum Gasteiger partial charge on any atom is 0.199 e. The van der Waals surface area contributed by atoms with Crippen LogP contribution in [0.1, 0.15) is 25.3 Å². The molecule has 0 fully saturated rings. The van der Waals surface area contributed by atoms with E-state index >= 15 is 0 Å². The Bertz CT molecular complexity index is 1340. The molecule has 0 spiro atoms. The van der Waals surface area contributed by atoms with E-state index < -0.39 is 0 Å². The van der Waals surface area contributed by atoms with Crippen LogP contribution < -0.4 is 0 Å². The second kappa shape index (κ2) is 7.08. The lowest BCUT2D eigenvalue weighted by molar-refractivity contribution is 0.865. The molecule has 0 aliphatic heterocycles. The van der Waals surface area contributed by atoms with Crippen LogP contribution in [-0.2, 0) is 0 Å². The minimum atomic E-state index is 0.483. The first kappa shape index (κ1) is 18.0. The Hall–Kier alpha value is -3.05. The summed E-state index contributed by atoms with van der Waals surface area (Å²) in [6.07, 6.45) is 0. The van der Waals surface area contributed by atoms with Crippen molar-refractivity contribution in [2.45, 2.75) is 19.8 Å². The number of hydrogen-bond donors (Lipinski definition) is 0. The summed E-state index contributed by atoms with van der Waals surface area (Å²) in [5.74, 6) is 1.31. The third kappa shape index (κ3) is 3.21. The van der Waals surface area contributed by atoms with Gasteiger partial charge < -0.3 is 0 Å². The SMILES string of the molecule is CC(C)c1ccc(-n2c(-c3cccc(Br)c3)nc3nc4ccccc4nc32)cc1. The number of halogens is 1. The predicted molar refractivity (Wildman–Crippen MR) is 121 cm³/mol. The molecule has 0 amide bonds. The number of para-hydroxylation sites is 2. The van der Waals surface area contributed by atoms with E-state index in [0.717, 1.165) is 38.2 Å². The molecule has 5 rings (SSSR count). The zero-order chi connectivity index (χ0) is 20.0. The number of rotatable bonds is 3. The molecule has 0 bridgehead atoms. The van der Waals surface area contributed by atoms with Crippen molar-refractivity contribution in [1.29, 1.82) is 0 Å². The summed E-state index contributed by atoms with van der Waals surface area (Å²) >= 11 is 3.58. The van der Waals surface area contributed by atoms with Crippen LogP contribution in [0.25, 0.3) is 39.4 Å². The predicted octanol–water partition coefficient (Wildman–Crippen LogP) is 6.52. The van der Waals surface area contributed by atoms with Gasteiger partial charge in [-0.05, 0) is 47.9 Å². The van der Waals surface area contributed by atoms with Crippen LogP contribution in [0.3, 0.4) is 0 Å². The molecule has 0 atom stereocenters. The van der Waals surface area contributed by atoms with Crippen molar-refractivity contribution < 1.29 is 0 Å². The molecule has 0 aliphatic carbocycles. The van der Waals surface area contributed by atoms with Crippen molar-refractivity contribution in [3.8, 4) is 17.1 Å². The smallest absolute Gasteiger partial charge is 0.199 e. The number of benzene rings is 3. The van der Waals surface area contributed by atoms with Gasteiger partial charge >= 0.3 is 0 Å². The van der Waals surface area contributed by atoms with Crippen LogP contribution >= 0.6 is 15.9 Å². The van der Waals surface area contributed by atoms with Gasteiger partial charge in [0.15, 0.2) is 11.3 Å². The van der Waals surface area contributed by atoms with E-state index in [9.17, 15) is 0 Å². The van der Waals surface area contributed by atoms with Crippen LogP contribution in [0, 0.1) is 0 Å². The number of imidazole rings is 1. The third-order valence-electron chi connectivity index (χ3n) is 5.07. The van der Waals surface area contributed by atoms with E-state index in [1.807, 2.05) is 36.4 Å². The fraction of sp³-hybridized carbons (Fsp3) is 0.125. The van der Waals surface area contributed by atoms with Crippen LogP contribution in [-0.4, -0.2) is 19.5 Å². The Balaban J connectivity index is 1.82. The molecule has 0 saturated carbocycles. The molecule has 5 aromatic rings. The topological polar surface area (TPSA) is 43.6 Å². The number of aromatic nitrogens is 4. The van der Waals surface area contributed by atoms with Gasteiger partial charge in [-0.3, -0.25) is 4.57 Å². The zero-order valence-corrected chi connectivity index (χ0v) is 17.8. The Morgan fingerprint density at radius 1 is 0.793 bits per heavy atom. The van der Waals surface area contributed by atoms with E-state index in [2.05, 4.69) is 70.7 Å². The molecule has 4 nitrogen and oxygen atoms in total. The van der Waals surface area contributed by atoms with Gasteiger partial charge in [-0.15, -0.1) is 0 Å². The highest BCUT2D eigenvalue weighted by Crippen LogP contribution is 2.30. The first-order chi connectivity index (χ1) is 14.1. The highest BCUT2D eigenvalue weighted by atomic mass is 79.9. The molecule has 0 saturated heterocycles. The summed E-state index contributed by atoms with van der Waals surface area (Å²) in [4.78, 5) is 14.6. The van der Waals surface area contributed by atoms with Crippen molar-refractivity contribution in [3.63, 3.8) is 0 Å². The first-order valence-electron chi connectivity index (χ1n) is 9.61. The molecule has 0 radical (unpaired) electrons. The van der Waals surface area contributed by atoms with Gasteiger partial charge in [-0.1, -0.05) is 66.2 Å². The summed E-state index contributed by atoms with van der Waals surface area (Å²) in [5, 5.41) is 0. The lowest BCUT2D eigenvalue weighted by Gasteiger charge is -2.11. The van der Waals surface area contributed by atoms with Gasteiger partial charge in [0.1, 0.15) is 5.82 Å². The van der Waals surface area contributed by atoms with Crippen molar-refractivity contribution in [2.75, 3.05) is 0 Å². The Morgan fingerprint density at radius 3 is 2.21 bits per heavy atom. The fourth-order valence-corrected chi connectivity index (χ4v) is 3.93. The van der Waals surface area contributed by atoms with Gasteiger partial charge in [0.25, 0.3) is 0 Å². The summed E-state index contributed by atoms with van der Waals surface area (Å²) in [6, 6.07) is 24.7. The van der Waals surface area contributed by atoms with Gasteiger partial charge in [0.05, 0.1) is 11.0 Å². The Kier molecular flexibility index (Phi) is 4.40. The minimum Gasteiger partial charge on any atom is -0.275 e. The first-order valence-corrected chi connectivity index (χ1v) is 10.4. The molecule has 0 N–H and O–H groups in total. The third-order valence-corrected chi connectivity index (χ3v) is 5.56. The molecule has 0 aliphatic rings. The Labute approximate surface area is 177 Å². The highest BCUT2D eigenvalue weighted by molar-refractivity contribution is 9.10. The Morgan fingerprint density at radius 2 is 1.52 bits per heavy atom. The zero-order valence-electron chi connectivity index (χ0n) is 16.2. The lowest BCUT2D eigenvalue weighted by Crippen LogP contribution is -2.00. The van der Waals surface area contributed by atoms with Crippen molar-refractivity contribution >= 4 is 38.3 Å². The molecule has 3 aromatic carbocycles. The summed E-state index contributed by atoms with van der Waals surface area (Å²) in [5.41, 5.74) is 6.45. The quantitative estimate of drug-likeness (QED) is 0.319. The van der Waals surface area contributed by atoms with Crippen LogP contribution in [0.15, 0.2) is 77.3 Å². The molecule has 2 aromatic heterocycles. The average molecular weight is 443 g/mol. The molecule has 5 heteroatoms. The lowest BCUT2D eigenvalue weighted by atomic mass is 10.0. The summed E-state index contributed by atoms with van der Waals surface area (Å²) in [6.45, 7) is 4.40. The van der Waals surface area contributed by atoms with Crippen molar-refractivity contribution in [3.05, 3.63) is 82.8 Å². The highest BCUT2D eigenvalue weighted by Gasteiger charge is 2.18. The van der Waals surface area contributed by atoms with E-state index in [-0.39, 0.29) is 0 Å². The van der Waals surface area contributed by atoms with E-state index in [1.165, 1.54) is 5.56 Å². The normalized spacial score (nSPS) is 11.6. The fourth-order valence-electron chi connectivity index (χ4n) is 3.53. The molecule has 142 valence electrons. The van der Waals surface area contributed by atoms with Crippen LogP contribution in [0.4, 0.5) is 0 Å². The molecule has 0 unspecified atom stereocenters. The molecule has 2 heterocycles. The van der Waals surface area contributed by atoms with E-state index in [1.54, 1.807) is 0 Å². The van der Waals surface area contributed by atoms with Gasteiger partial charge in [0.2, 0.25) is 0 Å². The van der Waals surface area contributed by atoms with Gasteiger partial charge in [-0.2, -0.15) is 0 Å². The number of nitrogens with zero attached hydrogens (tertiary/aromatic N) is 4. The van der Waals surface area contributed by atoms with Gasteiger partial charge in [-0.25, -0.2) is 15.0 Å². The second-order valence-electron chi connectivity index (χ2n) is 7.39. The van der Waals surface area contributed by atoms with Crippen molar-refractivity contribution in [1.82, 2.24) is 19.5 Å². The average Bonchev–Trinajstić information content (AvgIpc) is 3.10. The van der Waals surface area contributed by atoms with Gasteiger partial charge in [0, 0.05) is 15.7 Å². The second-order valence-corrected chi connectivity index (χ2v) is 8.30. The maximum absolute atomic E-state index is 4.91. The molecular weight excluding hydrogens is 424 g/mol. The van der Waals surface area contributed by atoms with E-state index in [4.69, 9.17) is 15.0 Å². The van der Waals surface area contributed by atoms with E-state index in [0.29, 0.717) is 11.6 Å². The number of hydrogen-bond acceptors (Lipinski definition) is 3. The van der Waals surface area contributed by atoms with Crippen LogP contribution in [0.2, 0.25) is 0 Å². The monoisotopic (exact) mass is 442 g/mol. The maximum atomic E-state index is 4.91. The molecular formula is C24H19BrN4. The van der Waals surface area contributed by atoms with Crippen LogP contribution in [0.5, 0.6) is 0 Å².